The van der Waals surface area contributed by atoms with Gasteiger partial charge >= 0.3 is 12.3 Å². The summed E-state index contributed by atoms with van der Waals surface area (Å²) in [6.45, 7) is 0.0399. The van der Waals surface area contributed by atoms with E-state index in [9.17, 15) is 18.0 Å². The number of hydrogen-bond acceptors (Lipinski definition) is 6. The Bertz CT molecular complexity index is 1050. The molecule has 0 radical (unpaired) electrons. The molecule has 1 aromatic carbocycles. The van der Waals surface area contributed by atoms with Gasteiger partial charge in [0.15, 0.2) is 11.4 Å². The summed E-state index contributed by atoms with van der Waals surface area (Å²) < 4.78 is 45.0. The van der Waals surface area contributed by atoms with Crippen LogP contribution in [0.3, 0.4) is 0 Å². The zero-order chi connectivity index (χ0) is 21.7. The van der Waals surface area contributed by atoms with Crippen molar-refractivity contribution in [2.75, 3.05) is 5.32 Å². The topological polar surface area (TPSA) is 89.0 Å². The monoisotopic (exact) mass is 457 g/mol. The van der Waals surface area contributed by atoms with Crippen molar-refractivity contribution in [1.29, 1.82) is 0 Å². The second-order valence-corrected chi connectivity index (χ2v) is 6.60. The van der Waals surface area contributed by atoms with Crippen molar-refractivity contribution in [2.24, 2.45) is 0 Å². The van der Waals surface area contributed by atoms with Gasteiger partial charge in [-0.2, -0.15) is 13.2 Å². The Labute approximate surface area is 178 Å². The van der Waals surface area contributed by atoms with Crippen molar-refractivity contribution in [1.82, 2.24) is 20.3 Å². The van der Waals surface area contributed by atoms with E-state index in [0.29, 0.717) is 10.6 Å². The van der Waals surface area contributed by atoms with Crippen LogP contribution < -0.4 is 15.4 Å². The number of benzene rings is 1. The van der Waals surface area contributed by atoms with E-state index in [2.05, 4.69) is 25.6 Å². The summed E-state index contributed by atoms with van der Waals surface area (Å²) in [5.41, 5.74) is -0.490. The van der Waals surface area contributed by atoms with Crippen LogP contribution in [-0.4, -0.2) is 21.0 Å². The van der Waals surface area contributed by atoms with Crippen molar-refractivity contribution >= 4 is 40.9 Å². The van der Waals surface area contributed by atoms with Crippen LogP contribution in [0.25, 0.3) is 0 Å². The third-order valence-corrected chi connectivity index (χ3v) is 4.14. The summed E-state index contributed by atoms with van der Waals surface area (Å²) >= 11 is 11.8. The molecule has 0 unspecified atom stereocenters. The molecule has 1 amide bonds. The molecule has 0 bridgehead atoms. The van der Waals surface area contributed by atoms with E-state index in [0.717, 1.165) is 6.20 Å². The SMILES string of the molecule is O=C(NCc1ccncc1)Oc1cnc(Nc2ccc(Cl)cc2Cl)nc1C(F)(F)F. The second-order valence-electron chi connectivity index (χ2n) is 5.75. The highest BCUT2D eigenvalue weighted by Gasteiger charge is 2.38. The molecule has 2 heterocycles. The minimum absolute atomic E-state index is 0.0399. The predicted molar refractivity (Wildman–Crippen MR) is 104 cm³/mol. The molecule has 0 fully saturated rings. The molecule has 3 rings (SSSR count). The van der Waals surface area contributed by atoms with Crippen LogP contribution in [0, 0.1) is 0 Å². The Kier molecular flexibility index (Phi) is 6.58. The lowest BCUT2D eigenvalue weighted by Crippen LogP contribution is -2.27. The lowest BCUT2D eigenvalue weighted by atomic mass is 10.3. The molecule has 0 saturated carbocycles. The number of nitrogens with zero attached hydrogens (tertiary/aromatic N) is 3. The number of carbonyl (C=O) groups is 1. The number of ether oxygens (including phenoxy) is 1. The minimum Gasteiger partial charge on any atom is -0.406 e. The molecule has 0 aliphatic heterocycles. The molecule has 0 aliphatic carbocycles. The number of carbonyl (C=O) groups excluding carboxylic acids is 1. The maximum atomic E-state index is 13.4. The number of hydrogen-bond donors (Lipinski definition) is 2. The van der Waals surface area contributed by atoms with Crippen LogP contribution in [0.4, 0.5) is 29.6 Å². The zero-order valence-corrected chi connectivity index (χ0v) is 16.4. The normalized spacial score (nSPS) is 11.1. The molecule has 156 valence electrons. The van der Waals surface area contributed by atoms with E-state index in [1.54, 1.807) is 12.1 Å². The molecule has 0 saturated heterocycles. The predicted octanol–water partition coefficient (Wildman–Crippen LogP) is 5.23. The molecule has 0 spiro atoms. The molecule has 0 atom stereocenters. The Morgan fingerprint density at radius 3 is 2.53 bits per heavy atom. The highest BCUT2D eigenvalue weighted by molar-refractivity contribution is 6.36. The maximum Gasteiger partial charge on any atom is 0.437 e. The molecular weight excluding hydrogens is 446 g/mol. The van der Waals surface area contributed by atoms with Gasteiger partial charge in [-0.25, -0.2) is 14.8 Å². The molecule has 30 heavy (non-hydrogen) atoms. The van der Waals surface area contributed by atoms with Gasteiger partial charge in [0.1, 0.15) is 0 Å². The first-order chi connectivity index (χ1) is 14.2. The van der Waals surface area contributed by atoms with Crippen molar-refractivity contribution in [3.63, 3.8) is 0 Å². The molecule has 7 nitrogen and oxygen atoms in total. The molecule has 3 aromatic rings. The van der Waals surface area contributed by atoms with Crippen LogP contribution in [0.5, 0.6) is 5.75 Å². The first-order valence-corrected chi connectivity index (χ1v) is 8.99. The first-order valence-electron chi connectivity index (χ1n) is 8.23. The largest absolute Gasteiger partial charge is 0.437 e. The van der Waals surface area contributed by atoms with E-state index in [1.165, 1.54) is 30.6 Å². The number of halogens is 5. The number of alkyl halides is 3. The first kappa shape index (κ1) is 21.6. The Morgan fingerprint density at radius 2 is 1.87 bits per heavy atom. The molecule has 2 aromatic heterocycles. The fourth-order valence-electron chi connectivity index (χ4n) is 2.23. The van der Waals surface area contributed by atoms with E-state index >= 15 is 0 Å². The summed E-state index contributed by atoms with van der Waals surface area (Å²) in [7, 11) is 0. The quantitative estimate of drug-likeness (QED) is 0.545. The van der Waals surface area contributed by atoms with Crippen LogP contribution >= 0.6 is 23.2 Å². The zero-order valence-electron chi connectivity index (χ0n) is 14.9. The highest BCUT2D eigenvalue weighted by atomic mass is 35.5. The van der Waals surface area contributed by atoms with E-state index < -0.39 is 29.7 Å². The molecular formula is C18H12Cl2F3N5O2. The van der Waals surface area contributed by atoms with Gasteiger partial charge in [-0.15, -0.1) is 0 Å². The summed E-state index contributed by atoms with van der Waals surface area (Å²) in [4.78, 5) is 22.9. The van der Waals surface area contributed by atoms with Gasteiger partial charge < -0.3 is 15.4 Å². The van der Waals surface area contributed by atoms with Crippen molar-refractivity contribution in [3.8, 4) is 5.75 Å². The number of amides is 1. The van der Waals surface area contributed by atoms with Crippen molar-refractivity contribution < 1.29 is 22.7 Å². The van der Waals surface area contributed by atoms with E-state index in [-0.39, 0.29) is 17.3 Å². The molecule has 0 aliphatic rings. The van der Waals surface area contributed by atoms with Gasteiger partial charge in [0.25, 0.3) is 0 Å². The van der Waals surface area contributed by atoms with Crippen LogP contribution in [0.15, 0.2) is 48.9 Å². The second kappa shape index (κ2) is 9.14. The average molecular weight is 458 g/mol. The maximum absolute atomic E-state index is 13.4. The summed E-state index contributed by atoms with van der Waals surface area (Å²) in [5.74, 6) is -1.24. The number of aromatic nitrogens is 3. The van der Waals surface area contributed by atoms with Crippen LogP contribution in [0.1, 0.15) is 11.3 Å². The average Bonchev–Trinajstić information content (AvgIpc) is 2.69. The lowest BCUT2D eigenvalue weighted by Gasteiger charge is -2.14. The Morgan fingerprint density at radius 1 is 1.13 bits per heavy atom. The van der Waals surface area contributed by atoms with Gasteiger partial charge in [0.05, 0.1) is 16.9 Å². The van der Waals surface area contributed by atoms with Crippen molar-refractivity contribution in [3.05, 3.63) is 70.2 Å². The fraction of sp³-hybridized carbons (Fsp3) is 0.111. The smallest absolute Gasteiger partial charge is 0.406 e. The van der Waals surface area contributed by atoms with Gasteiger partial charge in [-0.1, -0.05) is 23.2 Å². The fourth-order valence-corrected chi connectivity index (χ4v) is 2.69. The Balaban J connectivity index is 1.76. The number of nitrogens with one attached hydrogen (secondary N) is 2. The Hall–Kier alpha value is -3.11. The third-order valence-electron chi connectivity index (χ3n) is 3.59. The van der Waals surface area contributed by atoms with Crippen molar-refractivity contribution in [2.45, 2.75) is 12.7 Å². The highest BCUT2D eigenvalue weighted by Crippen LogP contribution is 2.35. The molecule has 2 N–H and O–H groups in total. The number of anilines is 2. The number of pyridine rings is 1. The van der Waals surface area contributed by atoms with E-state index in [4.69, 9.17) is 27.9 Å². The minimum atomic E-state index is -4.90. The summed E-state index contributed by atoms with van der Waals surface area (Å²) in [6, 6.07) is 7.61. The summed E-state index contributed by atoms with van der Waals surface area (Å²) in [6.07, 6.45) is -2.23. The van der Waals surface area contributed by atoms with Crippen LogP contribution in [-0.2, 0) is 12.7 Å². The van der Waals surface area contributed by atoms with Gasteiger partial charge in [0.2, 0.25) is 5.95 Å². The van der Waals surface area contributed by atoms with E-state index in [1.807, 2.05) is 0 Å². The van der Waals surface area contributed by atoms with Gasteiger partial charge in [-0.3, -0.25) is 4.98 Å². The summed E-state index contributed by atoms with van der Waals surface area (Å²) in [5, 5.41) is 5.41. The molecule has 12 heteroatoms. The standard InChI is InChI=1S/C18H12Cl2F3N5O2/c19-11-1-2-13(12(20)7-11)27-16-25-9-14(15(28-16)18(21,22)23)30-17(29)26-8-10-3-5-24-6-4-10/h1-7,9H,8H2,(H,26,29)(H,25,27,28). The van der Waals surface area contributed by atoms with Gasteiger partial charge in [-0.05, 0) is 35.9 Å². The van der Waals surface area contributed by atoms with Crippen LogP contribution in [0.2, 0.25) is 10.0 Å². The lowest BCUT2D eigenvalue weighted by molar-refractivity contribution is -0.142. The number of rotatable bonds is 5. The van der Waals surface area contributed by atoms with Gasteiger partial charge in [0, 0.05) is 24.0 Å². The third kappa shape index (κ3) is 5.71.